The zero-order chi connectivity index (χ0) is 18.6. The van der Waals surface area contributed by atoms with Crippen LogP contribution in [-0.2, 0) is 14.8 Å². The first-order valence-corrected chi connectivity index (χ1v) is 9.27. The maximum Gasteiger partial charge on any atom is 0.264 e. The van der Waals surface area contributed by atoms with Crippen molar-refractivity contribution >= 4 is 27.3 Å². The van der Waals surface area contributed by atoms with Crippen molar-refractivity contribution in [3.8, 4) is 0 Å². The molecule has 6 heteroatoms. The van der Waals surface area contributed by atoms with E-state index in [0.717, 1.165) is 11.1 Å². The van der Waals surface area contributed by atoms with E-state index >= 15 is 0 Å². The van der Waals surface area contributed by atoms with E-state index in [1.54, 1.807) is 18.2 Å². The van der Waals surface area contributed by atoms with Crippen molar-refractivity contribution < 1.29 is 13.2 Å². The van der Waals surface area contributed by atoms with Crippen LogP contribution >= 0.6 is 0 Å². The molecule has 0 aliphatic rings. The highest BCUT2D eigenvalue weighted by atomic mass is 32.2. The molecule has 132 valence electrons. The summed E-state index contributed by atoms with van der Waals surface area (Å²) < 4.78 is 27.5. The second-order valence-corrected chi connectivity index (χ2v) is 7.74. The predicted octanol–water partition coefficient (Wildman–Crippen LogP) is 3.64. The highest BCUT2D eigenvalue weighted by Crippen LogP contribution is 2.26. The third-order valence-corrected chi connectivity index (χ3v) is 5.36. The molecule has 0 radical (unpaired) electrons. The van der Waals surface area contributed by atoms with E-state index in [0.29, 0.717) is 11.4 Å². The van der Waals surface area contributed by atoms with E-state index in [1.807, 2.05) is 32.0 Å². The van der Waals surface area contributed by atoms with Crippen LogP contribution in [0.1, 0.15) is 18.1 Å². The second-order valence-electron chi connectivity index (χ2n) is 5.88. The Kier molecular flexibility index (Phi) is 5.64. The molecule has 0 spiro atoms. The molecule has 2 rings (SSSR count). The summed E-state index contributed by atoms with van der Waals surface area (Å²) >= 11 is 0. The summed E-state index contributed by atoms with van der Waals surface area (Å²) in [4.78, 5) is 11.2. The summed E-state index contributed by atoms with van der Waals surface area (Å²) in [6.07, 6.45) is 1.56. The standard InChI is InChI=1S/C19H22N2O3S/c1-5-10-21(18-12-14(2)11-15(3)13-18)25(23,24)19-8-6-17(7-9-19)20-16(4)22/h5-9,11-13H,1,10H2,2-4H3,(H,20,22). The van der Waals surface area contributed by atoms with Gasteiger partial charge in [-0.2, -0.15) is 0 Å². The average Bonchev–Trinajstić information content (AvgIpc) is 2.51. The fourth-order valence-electron chi connectivity index (χ4n) is 2.59. The van der Waals surface area contributed by atoms with Crippen LogP contribution in [0.4, 0.5) is 11.4 Å². The van der Waals surface area contributed by atoms with Crippen LogP contribution in [0.25, 0.3) is 0 Å². The summed E-state index contributed by atoms with van der Waals surface area (Å²) in [6, 6.07) is 11.8. The molecule has 0 unspecified atom stereocenters. The number of amides is 1. The molecule has 0 heterocycles. The number of sulfonamides is 1. The lowest BCUT2D eigenvalue weighted by molar-refractivity contribution is -0.114. The van der Waals surface area contributed by atoms with Gasteiger partial charge in [0.2, 0.25) is 5.91 Å². The number of aryl methyl sites for hydroxylation is 2. The number of nitrogens with zero attached hydrogens (tertiary/aromatic N) is 1. The monoisotopic (exact) mass is 358 g/mol. The van der Waals surface area contributed by atoms with Crippen LogP contribution in [0.2, 0.25) is 0 Å². The Labute approximate surface area is 149 Å². The Morgan fingerprint density at radius 3 is 2.16 bits per heavy atom. The molecule has 5 nitrogen and oxygen atoms in total. The van der Waals surface area contributed by atoms with Gasteiger partial charge in [0.25, 0.3) is 10.0 Å². The number of hydrogen-bond acceptors (Lipinski definition) is 3. The quantitative estimate of drug-likeness (QED) is 0.802. The number of rotatable bonds is 6. The van der Waals surface area contributed by atoms with Gasteiger partial charge in [-0.05, 0) is 61.4 Å². The first-order chi connectivity index (χ1) is 11.7. The van der Waals surface area contributed by atoms with Gasteiger partial charge in [-0.15, -0.1) is 6.58 Å². The predicted molar refractivity (Wildman–Crippen MR) is 101 cm³/mol. The van der Waals surface area contributed by atoms with Crippen LogP contribution in [-0.4, -0.2) is 20.9 Å². The number of nitrogens with one attached hydrogen (secondary N) is 1. The number of hydrogen-bond donors (Lipinski definition) is 1. The maximum atomic E-state index is 13.1. The fraction of sp³-hybridized carbons (Fsp3) is 0.211. The Bertz CT molecular complexity index is 867. The van der Waals surface area contributed by atoms with Crippen molar-refractivity contribution in [2.45, 2.75) is 25.7 Å². The average molecular weight is 358 g/mol. The van der Waals surface area contributed by atoms with Gasteiger partial charge in [0, 0.05) is 12.6 Å². The molecule has 0 saturated carbocycles. The Morgan fingerprint density at radius 1 is 1.12 bits per heavy atom. The Morgan fingerprint density at radius 2 is 1.68 bits per heavy atom. The van der Waals surface area contributed by atoms with E-state index in [1.165, 1.54) is 23.4 Å². The van der Waals surface area contributed by atoms with Crippen molar-refractivity contribution in [2.24, 2.45) is 0 Å². The Balaban J connectivity index is 2.45. The van der Waals surface area contributed by atoms with Crippen molar-refractivity contribution in [3.63, 3.8) is 0 Å². The number of carbonyl (C=O) groups is 1. The summed E-state index contributed by atoms with van der Waals surface area (Å²) in [6.45, 7) is 9.09. The molecule has 25 heavy (non-hydrogen) atoms. The first-order valence-electron chi connectivity index (χ1n) is 7.83. The number of carbonyl (C=O) groups excluding carboxylic acids is 1. The third-order valence-electron chi connectivity index (χ3n) is 3.55. The summed E-state index contributed by atoms with van der Waals surface area (Å²) in [5.74, 6) is -0.209. The molecule has 0 aliphatic heterocycles. The molecule has 0 fully saturated rings. The highest BCUT2D eigenvalue weighted by molar-refractivity contribution is 7.92. The smallest absolute Gasteiger partial charge is 0.264 e. The van der Waals surface area contributed by atoms with E-state index in [2.05, 4.69) is 11.9 Å². The van der Waals surface area contributed by atoms with E-state index in [4.69, 9.17) is 0 Å². The zero-order valence-electron chi connectivity index (χ0n) is 14.6. The van der Waals surface area contributed by atoms with Crippen LogP contribution in [0.5, 0.6) is 0 Å². The van der Waals surface area contributed by atoms with Crippen molar-refractivity contribution in [2.75, 3.05) is 16.2 Å². The normalized spacial score (nSPS) is 11.0. The van der Waals surface area contributed by atoms with Gasteiger partial charge < -0.3 is 5.32 Å². The van der Waals surface area contributed by atoms with Gasteiger partial charge in [-0.3, -0.25) is 9.10 Å². The summed E-state index contributed by atoms with van der Waals surface area (Å²) in [5, 5.41) is 2.62. The molecule has 1 amide bonds. The molecular formula is C19H22N2O3S. The largest absolute Gasteiger partial charge is 0.326 e. The molecule has 0 aliphatic carbocycles. The number of benzene rings is 2. The van der Waals surface area contributed by atoms with Gasteiger partial charge in [-0.1, -0.05) is 12.1 Å². The number of anilines is 2. The SMILES string of the molecule is C=CCN(c1cc(C)cc(C)c1)S(=O)(=O)c1ccc(NC(C)=O)cc1. The van der Waals surface area contributed by atoms with Crippen LogP contribution in [0, 0.1) is 13.8 Å². The lowest BCUT2D eigenvalue weighted by Gasteiger charge is -2.24. The van der Waals surface area contributed by atoms with Crippen LogP contribution < -0.4 is 9.62 Å². The summed E-state index contributed by atoms with van der Waals surface area (Å²) in [7, 11) is -3.75. The lowest BCUT2D eigenvalue weighted by Crippen LogP contribution is -2.31. The van der Waals surface area contributed by atoms with Crippen LogP contribution in [0.15, 0.2) is 60.0 Å². The first kappa shape index (κ1) is 18.7. The van der Waals surface area contributed by atoms with Gasteiger partial charge >= 0.3 is 0 Å². The van der Waals surface area contributed by atoms with Crippen molar-refractivity contribution in [3.05, 3.63) is 66.2 Å². The third kappa shape index (κ3) is 4.48. The molecule has 2 aromatic carbocycles. The van der Waals surface area contributed by atoms with Crippen molar-refractivity contribution in [1.82, 2.24) is 0 Å². The summed E-state index contributed by atoms with van der Waals surface area (Å²) in [5.41, 5.74) is 3.12. The minimum absolute atomic E-state index is 0.155. The van der Waals surface area contributed by atoms with E-state index in [-0.39, 0.29) is 17.3 Å². The minimum Gasteiger partial charge on any atom is -0.326 e. The molecule has 1 N–H and O–H groups in total. The zero-order valence-corrected chi connectivity index (χ0v) is 15.4. The molecule has 2 aromatic rings. The molecule has 0 saturated heterocycles. The van der Waals surface area contributed by atoms with Gasteiger partial charge in [0.05, 0.1) is 17.1 Å². The van der Waals surface area contributed by atoms with Crippen molar-refractivity contribution in [1.29, 1.82) is 0 Å². The van der Waals surface area contributed by atoms with Gasteiger partial charge in [-0.25, -0.2) is 8.42 Å². The minimum atomic E-state index is -3.75. The Hall–Kier alpha value is -2.60. The second kappa shape index (κ2) is 7.53. The maximum absolute atomic E-state index is 13.1. The molecule has 0 bridgehead atoms. The fourth-order valence-corrected chi connectivity index (χ4v) is 4.01. The molecule has 0 aromatic heterocycles. The van der Waals surface area contributed by atoms with E-state index < -0.39 is 10.0 Å². The van der Waals surface area contributed by atoms with Crippen LogP contribution in [0.3, 0.4) is 0 Å². The van der Waals surface area contributed by atoms with Gasteiger partial charge in [0.15, 0.2) is 0 Å². The molecule has 0 atom stereocenters. The lowest BCUT2D eigenvalue weighted by atomic mass is 10.1. The van der Waals surface area contributed by atoms with E-state index in [9.17, 15) is 13.2 Å². The van der Waals surface area contributed by atoms with Gasteiger partial charge in [0.1, 0.15) is 0 Å². The highest BCUT2D eigenvalue weighted by Gasteiger charge is 2.24. The molecular weight excluding hydrogens is 336 g/mol. The topological polar surface area (TPSA) is 66.5 Å².